The molecule has 2 aliphatic rings. The van der Waals surface area contributed by atoms with E-state index in [1.807, 2.05) is 27.8 Å². The van der Waals surface area contributed by atoms with Crippen LogP contribution in [0, 0.1) is 0 Å². The van der Waals surface area contributed by atoms with Crippen LogP contribution in [0.15, 0.2) is 43.2 Å². The minimum absolute atomic E-state index is 0.0563. The standard InChI is InChI=1S/C22H30N6O3/c29-19-12-20(22(31)25-14-17-2-1-6-23-13-17)28(15-19)18-3-9-27(10-4-18)21(30)5-8-26-11-7-24-16-26/h1-2,6-7,11,13,16,18-20,29H,3-5,8-10,12,14-15H2,(H,25,31)/t19-,20+/m1/s1. The van der Waals surface area contributed by atoms with Crippen molar-refractivity contribution >= 4 is 11.8 Å². The number of piperidine rings is 1. The Balaban J connectivity index is 1.27. The quantitative estimate of drug-likeness (QED) is 0.665. The van der Waals surface area contributed by atoms with E-state index >= 15 is 0 Å². The van der Waals surface area contributed by atoms with Crippen LogP contribution in [-0.4, -0.2) is 79.1 Å². The number of nitrogens with one attached hydrogen (secondary N) is 1. The molecular formula is C22H30N6O3. The van der Waals surface area contributed by atoms with E-state index in [2.05, 4.69) is 20.2 Å². The Morgan fingerprint density at radius 1 is 1.19 bits per heavy atom. The van der Waals surface area contributed by atoms with Crippen molar-refractivity contribution < 1.29 is 14.7 Å². The van der Waals surface area contributed by atoms with Gasteiger partial charge in [0, 0.05) is 70.0 Å². The first-order valence-corrected chi connectivity index (χ1v) is 10.9. The zero-order chi connectivity index (χ0) is 21.6. The summed E-state index contributed by atoms with van der Waals surface area (Å²) in [6, 6.07) is 3.63. The number of pyridine rings is 1. The molecule has 2 aliphatic heterocycles. The average molecular weight is 427 g/mol. The number of amides is 2. The van der Waals surface area contributed by atoms with Crippen molar-refractivity contribution in [1.29, 1.82) is 0 Å². The molecule has 2 fully saturated rings. The second-order valence-corrected chi connectivity index (χ2v) is 8.34. The predicted octanol–water partition coefficient (Wildman–Crippen LogP) is 0.411. The minimum atomic E-state index is -0.496. The molecule has 4 heterocycles. The number of aromatic nitrogens is 3. The number of imidazole rings is 1. The third kappa shape index (κ3) is 5.48. The van der Waals surface area contributed by atoms with Crippen molar-refractivity contribution in [3.8, 4) is 0 Å². The van der Waals surface area contributed by atoms with Crippen molar-refractivity contribution in [2.24, 2.45) is 0 Å². The molecule has 9 heteroatoms. The van der Waals surface area contributed by atoms with Gasteiger partial charge in [-0.2, -0.15) is 0 Å². The van der Waals surface area contributed by atoms with Crippen LogP contribution in [0.5, 0.6) is 0 Å². The molecule has 0 bridgehead atoms. The van der Waals surface area contributed by atoms with E-state index in [1.165, 1.54) is 0 Å². The molecule has 4 rings (SSSR count). The van der Waals surface area contributed by atoms with Crippen LogP contribution in [0.25, 0.3) is 0 Å². The summed E-state index contributed by atoms with van der Waals surface area (Å²) in [7, 11) is 0. The van der Waals surface area contributed by atoms with Crippen LogP contribution in [0.2, 0.25) is 0 Å². The number of nitrogens with zero attached hydrogens (tertiary/aromatic N) is 5. The largest absolute Gasteiger partial charge is 0.392 e. The van der Waals surface area contributed by atoms with Crippen LogP contribution < -0.4 is 5.32 Å². The molecule has 0 saturated carbocycles. The third-order valence-corrected chi connectivity index (χ3v) is 6.24. The number of rotatable bonds is 7. The number of likely N-dealkylation sites (tertiary alicyclic amines) is 2. The Hall–Kier alpha value is -2.78. The second kappa shape index (κ2) is 10.0. The van der Waals surface area contributed by atoms with Crippen LogP contribution >= 0.6 is 0 Å². The van der Waals surface area contributed by atoms with E-state index in [0.29, 0.717) is 45.6 Å². The molecule has 0 spiro atoms. The van der Waals surface area contributed by atoms with Gasteiger partial charge in [-0.15, -0.1) is 0 Å². The fourth-order valence-electron chi connectivity index (χ4n) is 4.56. The van der Waals surface area contributed by atoms with Gasteiger partial charge in [0.2, 0.25) is 11.8 Å². The Labute approximate surface area is 182 Å². The number of hydrogen-bond acceptors (Lipinski definition) is 6. The van der Waals surface area contributed by atoms with Gasteiger partial charge in [0.1, 0.15) is 0 Å². The lowest BCUT2D eigenvalue weighted by molar-refractivity contribution is -0.134. The summed E-state index contributed by atoms with van der Waals surface area (Å²) in [4.78, 5) is 37.5. The molecule has 2 atom stereocenters. The van der Waals surface area contributed by atoms with Gasteiger partial charge in [0.25, 0.3) is 0 Å². The maximum Gasteiger partial charge on any atom is 0.237 e. The monoisotopic (exact) mass is 426 g/mol. The first-order valence-electron chi connectivity index (χ1n) is 10.9. The topological polar surface area (TPSA) is 104 Å². The van der Waals surface area contributed by atoms with Crippen molar-refractivity contribution in [3.05, 3.63) is 48.8 Å². The highest BCUT2D eigenvalue weighted by Crippen LogP contribution is 2.27. The average Bonchev–Trinajstić information content (AvgIpc) is 3.46. The number of aliphatic hydroxyl groups is 1. The van der Waals surface area contributed by atoms with E-state index in [1.54, 1.807) is 24.9 Å². The van der Waals surface area contributed by atoms with E-state index in [9.17, 15) is 14.7 Å². The van der Waals surface area contributed by atoms with Crippen molar-refractivity contribution in [1.82, 2.24) is 29.7 Å². The van der Waals surface area contributed by atoms with E-state index < -0.39 is 6.10 Å². The number of aryl methyl sites for hydroxylation is 1. The lowest BCUT2D eigenvalue weighted by atomic mass is 10.0. The maximum atomic E-state index is 12.8. The van der Waals surface area contributed by atoms with Gasteiger partial charge < -0.3 is 19.9 Å². The lowest BCUT2D eigenvalue weighted by Gasteiger charge is -2.39. The molecule has 2 N–H and O–H groups in total. The summed E-state index contributed by atoms with van der Waals surface area (Å²) >= 11 is 0. The molecule has 2 aromatic rings. The van der Waals surface area contributed by atoms with Crippen LogP contribution in [0.3, 0.4) is 0 Å². The second-order valence-electron chi connectivity index (χ2n) is 8.34. The first kappa shape index (κ1) is 21.5. The fraction of sp³-hybridized carbons (Fsp3) is 0.545. The number of aliphatic hydroxyl groups excluding tert-OH is 1. The van der Waals surface area contributed by atoms with Crippen LogP contribution in [0.4, 0.5) is 0 Å². The fourth-order valence-corrected chi connectivity index (χ4v) is 4.56. The Morgan fingerprint density at radius 2 is 2.03 bits per heavy atom. The van der Waals surface area contributed by atoms with Gasteiger partial charge in [-0.05, 0) is 30.9 Å². The molecule has 2 aromatic heterocycles. The molecule has 2 saturated heterocycles. The normalized spacial score (nSPS) is 22.5. The molecule has 9 nitrogen and oxygen atoms in total. The molecule has 0 aliphatic carbocycles. The van der Waals surface area contributed by atoms with Crippen molar-refractivity contribution in [3.63, 3.8) is 0 Å². The van der Waals surface area contributed by atoms with Gasteiger partial charge in [-0.3, -0.25) is 19.5 Å². The molecule has 166 valence electrons. The molecule has 0 aromatic carbocycles. The summed E-state index contributed by atoms with van der Waals surface area (Å²) in [6.07, 6.45) is 10.8. The number of β-amino-alcohol motifs (C(OH)–C–C–N with tert-alkyl or cyclic N) is 1. The highest BCUT2D eigenvalue weighted by molar-refractivity contribution is 5.82. The summed E-state index contributed by atoms with van der Waals surface area (Å²) in [5.74, 6) is 0.0959. The minimum Gasteiger partial charge on any atom is -0.392 e. The maximum absolute atomic E-state index is 12.8. The van der Waals surface area contributed by atoms with Gasteiger partial charge in [0.05, 0.1) is 18.5 Å². The number of hydrogen-bond donors (Lipinski definition) is 2. The van der Waals surface area contributed by atoms with Gasteiger partial charge >= 0.3 is 0 Å². The first-order chi connectivity index (χ1) is 15.1. The molecule has 0 unspecified atom stereocenters. The Morgan fingerprint density at radius 3 is 2.74 bits per heavy atom. The zero-order valence-electron chi connectivity index (χ0n) is 17.6. The summed E-state index contributed by atoms with van der Waals surface area (Å²) in [5.41, 5.74) is 0.948. The molecule has 2 amide bonds. The third-order valence-electron chi connectivity index (χ3n) is 6.24. The molecule has 0 radical (unpaired) electrons. The van der Waals surface area contributed by atoms with Gasteiger partial charge in [-0.25, -0.2) is 4.98 Å². The van der Waals surface area contributed by atoms with Crippen LogP contribution in [-0.2, 0) is 22.7 Å². The highest BCUT2D eigenvalue weighted by atomic mass is 16.3. The smallest absolute Gasteiger partial charge is 0.237 e. The predicted molar refractivity (Wildman–Crippen MR) is 114 cm³/mol. The number of carbonyl (C=O) groups excluding carboxylic acids is 2. The zero-order valence-corrected chi connectivity index (χ0v) is 17.6. The lowest BCUT2D eigenvalue weighted by Crippen LogP contribution is -2.52. The van der Waals surface area contributed by atoms with Crippen LogP contribution in [0.1, 0.15) is 31.2 Å². The highest BCUT2D eigenvalue weighted by Gasteiger charge is 2.40. The van der Waals surface area contributed by atoms with E-state index in [0.717, 1.165) is 18.4 Å². The molecule has 31 heavy (non-hydrogen) atoms. The van der Waals surface area contributed by atoms with Gasteiger partial charge in [-0.1, -0.05) is 6.07 Å². The van der Waals surface area contributed by atoms with Crippen molar-refractivity contribution in [2.75, 3.05) is 19.6 Å². The summed E-state index contributed by atoms with van der Waals surface area (Å²) in [5, 5.41) is 13.2. The SMILES string of the molecule is O=C(NCc1cccnc1)[C@@H]1C[C@@H](O)CN1C1CCN(C(=O)CCn2ccnc2)CC1. The van der Waals surface area contributed by atoms with Crippen molar-refractivity contribution in [2.45, 2.75) is 57.0 Å². The number of carbonyl (C=O) groups is 2. The molecular weight excluding hydrogens is 396 g/mol. The Bertz CT molecular complexity index is 851. The van der Waals surface area contributed by atoms with E-state index in [-0.39, 0.29) is 23.9 Å². The van der Waals surface area contributed by atoms with Gasteiger partial charge in [0.15, 0.2) is 0 Å². The summed E-state index contributed by atoms with van der Waals surface area (Å²) in [6.45, 7) is 2.94. The summed E-state index contributed by atoms with van der Waals surface area (Å²) < 4.78 is 1.91. The van der Waals surface area contributed by atoms with E-state index in [4.69, 9.17) is 0 Å². The Kier molecular flexibility index (Phi) is 6.93.